The lowest BCUT2D eigenvalue weighted by Crippen LogP contribution is -2.24. The summed E-state index contributed by atoms with van der Waals surface area (Å²) in [6.07, 6.45) is 0. The SMILES string of the molecule is Cc1nc(C(=O)NCc2cc(C)c(F)c(C)c2)n[nH]1. The third-order valence-corrected chi connectivity index (χ3v) is 2.75. The smallest absolute Gasteiger partial charge is 0.291 e. The van der Waals surface area contributed by atoms with E-state index in [-0.39, 0.29) is 17.5 Å². The van der Waals surface area contributed by atoms with Crippen LogP contribution < -0.4 is 5.32 Å². The zero-order chi connectivity index (χ0) is 14.0. The van der Waals surface area contributed by atoms with Gasteiger partial charge in [0, 0.05) is 6.54 Å². The van der Waals surface area contributed by atoms with E-state index in [1.54, 1.807) is 32.9 Å². The molecular weight excluding hydrogens is 247 g/mol. The number of carbonyl (C=O) groups is 1. The van der Waals surface area contributed by atoms with Gasteiger partial charge in [-0.3, -0.25) is 9.89 Å². The summed E-state index contributed by atoms with van der Waals surface area (Å²) in [5.41, 5.74) is 1.98. The molecule has 0 atom stereocenters. The van der Waals surface area contributed by atoms with Gasteiger partial charge >= 0.3 is 0 Å². The van der Waals surface area contributed by atoms with Crippen molar-refractivity contribution in [2.75, 3.05) is 0 Å². The second-order valence-electron chi connectivity index (χ2n) is 4.47. The molecule has 0 unspecified atom stereocenters. The van der Waals surface area contributed by atoms with Crippen LogP contribution >= 0.6 is 0 Å². The van der Waals surface area contributed by atoms with Gasteiger partial charge in [-0.1, -0.05) is 12.1 Å². The molecule has 100 valence electrons. The van der Waals surface area contributed by atoms with Crippen LogP contribution in [0.1, 0.15) is 33.1 Å². The second-order valence-corrected chi connectivity index (χ2v) is 4.47. The van der Waals surface area contributed by atoms with Gasteiger partial charge in [0.1, 0.15) is 11.6 Å². The molecule has 5 nitrogen and oxygen atoms in total. The summed E-state index contributed by atoms with van der Waals surface area (Å²) in [7, 11) is 0. The van der Waals surface area contributed by atoms with E-state index in [0.717, 1.165) is 5.56 Å². The molecule has 0 bridgehead atoms. The third kappa shape index (κ3) is 2.96. The minimum absolute atomic E-state index is 0.105. The first kappa shape index (κ1) is 13.2. The number of hydrogen-bond acceptors (Lipinski definition) is 3. The number of rotatable bonds is 3. The Morgan fingerprint density at radius 1 is 1.32 bits per heavy atom. The minimum atomic E-state index is -0.357. The van der Waals surface area contributed by atoms with Crippen molar-refractivity contribution in [1.82, 2.24) is 20.5 Å². The number of benzene rings is 1. The largest absolute Gasteiger partial charge is 0.345 e. The Bertz CT molecular complexity index is 598. The standard InChI is InChI=1S/C13H15FN4O/c1-7-4-10(5-8(2)11(7)14)6-15-13(19)12-16-9(3)17-18-12/h4-5H,6H2,1-3H3,(H,15,19)(H,16,17,18). The molecule has 0 saturated heterocycles. The normalized spacial score (nSPS) is 10.5. The Labute approximate surface area is 110 Å². The molecule has 0 aliphatic carbocycles. The summed E-state index contributed by atoms with van der Waals surface area (Å²) < 4.78 is 13.5. The van der Waals surface area contributed by atoms with Crippen molar-refractivity contribution in [3.8, 4) is 0 Å². The van der Waals surface area contributed by atoms with Gasteiger partial charge in [0.25, 0.3) is 5.91 Å². The van der Waals surface area contributed by atoms with Gasteiger partial charge < -0.3 is 5.32 Å². The molecule has 6 heteroatoms. The summed E-state index contributed by atoms with van der Waals surface area (Å²) >= 11 is 0. The molecule has 19 heavy (non-hydrogen) atoms. The molecule has 1 heterocycles. The zero-order valence-corrected chi connectivity index (χ0v) is 11.0. The summed E-state index contributed by atoms with van der Waals surface area (Å²) in [6.45, 7) is 5.43. The van der Waals surface area contributed by atoms with Crippen molar-refractivity contribution < 1.29 is 9.18 Å². The molecular formula is C13H15FN4O. The van der Waals surface area contributed by atoms with Crippen LogP contribution in [0.4, 0.5) is 4.39 Å². The van der Waals surface area contributed by atoms with Crippen LogP contribution in [0.15, 0.2) is 12.1 Å². The van der Waals surface area contributed by atoms with Gasteiger partial charge in [0.2, 0.25) is 5.82 Å². The number of hydrogen-bond donors (Lipinski definition) is 2. The van der Waals surface area contributed by atoms with E-state index < -0.39 is 0 Å². The van der Waals surface area contributed by atoms with Crippen LogP contribution in [0.5, 0.6) is 0 Å². The predicted octanol–water partition coefficient (Wildman–Crippen LogP) is 1.80. The number of aromatic nitrogens is 3. The number of nitrogens with zero attached hydrogens (tertiary/aromatic N) is 2. The number of aromatic amines is 1. The first-order valence-corrected chi connectivity index (χ1v) is 5.90. The van der Waals surface area contributed by atoms with Crippen LogP contribution in [0.2, 0.25) is 0 Å². The lowest BCUT2D eigenvalue weighted by atomic mass is 10.1. The molecule has 2 N–H and O–H groups in total. The number of H-pyrrole nitrogens is 1. The molecule has 2 rings (SSSR count). The highest BCUT2D eigenvalue weighted by Gasteiger charge is 2.11. The Kier molecular flexibility index (Phi) is 3.59. The predicted molar refractivity (Wildman–Crippen MR) is 68.2 cm³/mol. The summed E-state index contributed by atoms with van der Waals surface area (Å²) in [6, 6.07) is 3.43. The van der Waals surface area contributed by atoms with Crippen LogP contribution in [0.25, 0.3) is 0 Å². The molecule has 0 saturated carbocycles. The van der Waals surface area contributed by atoms with Crippen LogP contribution in [0.3, 0.4) is 0 Å². The molecule has 0 aliphatic heterocycles. The van der Waals surface area contributed by atoms with E-state index >= 15 is 0 Å². The zero-order valence-electron chi connectivity index (χ0n) is 11.0. The Morgan fingerprint density at radius 2 is 1.95 bits per heavy atom. The Hall–Kier alpha value is -2.24. The second kappa shape index (κ2) is 5.17. The van der Waals surface area contributed by atoms with E-state index in [1.165, 1.54) is 0 Å². The third-order valence-electron chi connectivity index (χ3n) is 2.75. The Balaban J connectivity index is 2.05. The average Bonchev–Trinajstić information content (AvgIpc) is 2.79. The maximum Gasteiger partial charge on any atom is 0.291 e. The molecule has 0 fully saturated rings. The molecule has 0 aliphatic rings. The number of carbonyl (C=O) groups excluding carboxylic acids is 1. The van der Waals surface area contributed by atoms with Crippen molar-refractivity contribution in [2.24, 2.45) is 0 Å². The number of amides is 1. The number of nitrogens with one attached hydrogen (secondary N) is 2. The van der Waals surface area contributed by atoms with Crippen LogP contribution in [-0.4, -0.2) is 21.1 Å². The highest BCUT2D eigenvalue weighted by atomic mass is 19.1. The fourth-order valence-electron chi connectivity index (χ4n) is 1.84. The van der Waals surface area contributed by atoms with Crippen molar-refractivity contribution in [2.45, 2.75) is 27.3 Å². The van der Waals surface area contributed by atoms with Crippen LogP contribution in [-0.2, 0) is 6.54 Å². The lowest BCUT2D eigenvalue weighted by Gasteiger charge is -2.07. The van der Waals surface area contributed by atoms with Crippen molar-refractivity contribution in [3.63, 3.8) is 0 Å². The maximum absolute atomic E-state index is 13.5. The van der Waals surface area contributed by atoms with Gasteiger partial charge in [-0.15, -0.1) is 5.10 Å². The summed E-state index contributed by atoms with van der Waals surface area (Å²) in [5, 5.41) is 9.07. The van der Waals surface area contributed by atoms with E-state index in [1.807, 2.05) is 0 Å². The minimum Gasteiger partial charge on any atom is -0.345 e. The molecule has 0 radical (unpaired) electrons. The van der Waals surface area contributed by atoms with Crippen LogP contribution in [0, 0.1) is 26.6 Å². The van der Waals surface area contributed by atoms with E-state index in [4.69, 9.17) is 0 Å². The van der Waals surface area contributed by atoms with E-state index in [2.05, 4.69) is 20.5 Å². The topological polar surface area (TPSA) is 70.7 Å². The number of aryl methyl sites for hydroxylation is 3. The quantitative estimate of drug-likeness (QED) is 0.886. The molecule has 1 aromatic heterocycles. The summed E-state index contributed by atoms with van der Waals surface area (Å²) in [5.74, 6) is 0.121. The monoisotopic (exact) mass is 262 g/mol. The Morgan fingerprint density at radius 3 is 2.47 bits per heavy atom. The lowest BCUT2D eigenvalue weighted by molar-refractivity contribution is 0.0941. The van der Waals surface area contributed by atoms with E-state index in [9.17, 15) is 9.18 Å². The first-order chi connectivity index (χ1) is 8.97. The molecule has 0 spiro atoms. The molecule has 1 amide bonds. The summed E-state index contributed by atoms with van der Waals surface area (Å²) in [4.78, 5) is 15.7. The maximum atomic E-state index is 13.5. The fourth-order valence-corrected chi connectivity index (χ4v) is 1.84. The highest BCUT2D eigenvalue weighted by Crippen LogP contribution is 2.14. The van der Waals surface area contributed by atoms with Crippen molar-refractivity contribution >= 4 is 5.91 Å². The van der Waals surface area contributed by atoms with Crippen molar-refractivity contribution in [3.05, 3.63) is 46.3 Å². The van der Waals surface area contributed by atoms with Gasteiger partial charge in [-0.25, -0.2) is 9.37 Å². The van der Waals surface area contributed by atoms with Gasteiger partial charge in [-0.05, 0) is 37.5 Å². The van der Waals surface area contributed by atoms with Gasteiger partial charge in [-0.2, -0.15) is 0 Å². The molecule has 1 aromatic carbocycles. The fraction of sp³-hybridized carbons (Fsp3) is 0.308. The number of halogens is 1. The first-order valence-electron chi connectivity index (χ1n) is 5.90. The van der Waals surface area contributed by atoms with E-state index in [0.29, 0.717) is 23.5 Å². The molecule has 2 aromatic rings. The average molecular weight is 262 g/mol. The van der Waals surface area contributed by atoms with Crippen molar-refractivity contribution in [1.29, 1.82) is 0 Å². The van der Waals surface area contributed by atoms with Gasteiger partial charge in [0.05, 0.1) is 0 Å². The van der Waals surface area contributed by atoms with Gasteiger partial charge in [0.15, 0.2) is 0 Å². The highest BCUT2D eigenvalue weighted by molar-refractivity contribution is 5.90.